The largest absolute Gasteiger partial charge is 0.457 e. The number of nitrogen functional groups attached to an aromatic ring is 4. The third-order valence-electron chi connectivity index (χ3n) is 3.41. The zero-order valence-electron chi connectivity index (χ0n) is 12.9. The van der Waals surface area contributed by atoms with Crippen LogP contribution in [0.25, 0.3) is 0 Å². The second-order valence-corrected chi connectivity index (χ2v) is 5.26. The first-order valence-corrected chi connectivity index (χ1v) is 7.27. The third-order valence-corrected chi connectivity index (χ3v) is 3.41. The minimum Gasteiger partial charge on any atom is -0.457 e. The molecule has 0 unspecified atom stereocenters. The van der Waals surface area contributed by atoms with Crippen LogP contribution in [-0.2, 0) is 0 Å². The van der Waals surface area contributed by atoms with Crippen LogP contribution in [-0.4, -0.2) is 0 Å². The molecule has 8 N–H and O–H groups in total. The lowest BCUT2D eigenvalue weighted by atomic mass is 10.2. The summed E-state index contributed by atoms with van der Waals surface area (Å²) in [5.41, 5.74) is 24.9. The summed E-state index contributed by atoms with van der Waals surface area (Å²) in [5.74, 6) is 2.54. The summed E-state index contributed by atoms with van der Waals surface area (Å²) in [6, 6.07) is 17.5. The van der Waals surface area contributed by atoms with Crippen molar-refractivity contribution in [1.82, 2.24) is 0 Å². The third kappa shape index (κ3) is 3.44. The van der Waals surface area contributed by atoms with Crippen LogP contribution < -0.4 is 32.4 Å². The highest BCUT2D eigenvalue weighted by atomic mass is 16.5. The number of hydrogen-bond acceptors (Lipinski definition) is 6. The number of ether oxygens (including phenoxy) is 2. The van der Waals surface area contributed by atoms with Crippen molar-refractivity contribution >= 4 is 22.7 Å². The summed E-state index contributed by atoms with van der Waals surface area (Å²) < 4.78 is 11.5. The molecule has 6 nitrogen and oxygen atoms in total. The maximum Gasteiger partial charge on any atom is 0.129 e. The van der Waals surface area contributed by atoms with Gasteiger partial charge in [0.25, 0.3) is 0 Å². The molecule has 0 saturated heterocycles. The highest BCUT2D eigenvalue weighted by molar-refractivity contribution is 5.66. The second kappa shape index (κ2) is 6.29. The molecular weight excluding hydrogens is 304 g/mol. The molecule has 0 heterocycles. The molecule has 0 saturated carbocycles. The van der Waals surface area contributed by atoms with Gasteiger partial charge in [0.15, 0.2) is 0 Å². The van der Waals surface area contributed by atoms with Crippen molar-refractivity contribution in [1.29, 1.82) is 0 Å². The van der Waals surface area contributed by atoms with Crippen LogP contribution in [0.2, 0.25) is 0 Å². The molecule has 0 fully saturated rings. The predicted molar refractivity (Wildman–Crippen MR) is 97.1 cm³/mol. The van der Waals surface area contributed by atoms with E-state index in [2.05, 4.69) is 0 Å². The van der Waals surface area contributed by atoms with Crippen molar-refractivity contribution in [3.8, 4) is 23.0 Å². The van der Waals surface area contributed by atoms with E-state index in [1.807, 2.05) is 0 Å². The molecule has 122 valence electrons. The number of benzene rings is 3. The van der Waals surface area contributed by atoms with Gasteiger partial charge in [-0.05, 0) is 48.5 Å². The molecule has 3 rings (SSSR count). The van der Waals surface area contributed by atoms with Crippen LogP contribution in [0.1, 0.15) is 0 Å². The number of nitrogens with two attached hydrogens (primary N) is 4. The van der Waals surface area contributed by atoms with Crippen molar-refractivity contribution in [3.63, 3.8) is 0 Å². The molecule has 0 bridgehead atoms. The first kappa shape index (κ1) is 15.4. The molecule has 0 radical (unpaired) electrons. The molecule has 0 aromatic heterocycles. The fourth-order valence-electron chi connectivity index (χ4n) is 2.08. The molecule has 0 amide bonds. The average Bonchev–Trinajstić information content (AvgIpc) is 2.56. The molecule has 0 aliphatic carbocycles. The summed E-state index contributed by atoms with van der Waals surface area (Å²) in [6.45, 7) is 0. The molecule has 24 heavy (non-hydrogen) atoms. The maximum atomic E-state index is 5.76. The Kier molecular flexibility index (Phi) is 4.03. The standard InChI is InChI=1S/C18H18N4O2/c19-15-7-5-13(9-17(15)21)23-11-1-2-12(4-3-11)24-14-6-8-16(20)18(22)10-14/h1-10H,19-22H2. The molecule has 3 aromatic rings. The van der Waals surface area contributed by atoms with Crippen molar-refractivity contribution < 1.29 is 9.47 Å². The van der Waals surface area contributed by atoms with Crippen molar-refractivity contribution in [3.05, 3.63) is 60.7 Å². The first-order chi connectivity index (χ1) is 11.5. The van der Waals surface area contributed by atoms with Gasteiger partial charge in [0.05, 0.1) is 22.7 Å². The summed E-state index contributed by atoms with van der Waals surface area (Å²) in [7, 11) is 0. The monoisotopic (exact) mass is 322 g/mol. The average molecular weight is 322 g/mol. The Morgan fingerprint density at radius 3 is 1.08 bits per heavy atom. The van der Waals surface area contributed by atoms with Gasteiger partial charge in [0, 0.05) is 12.1 Å². The predicted octanol–water partition coefficient (Wildman–Crippen LogP) is 3.60. The minimum absolute atomic E-state index is 0.480. The van der Waals surface area contributed by atoms with Crippen LogP contribution in [0.15, 0.2) is 60.7 Å². The topological polar surface area (TPSA) is 123 Å². The van der Waals surface area contributed by atoms with Crippen LogP contribution in [0.3, 0.4) is 0 Å². The smallest absolute Gasteiger partial charge is 0.129 e. The van der Waals surface area contributed by atoms with Gasteiger partial charge in [-0.3, -0.25) is 0 Å². The van der Waals surface area contributed by atoms with Crippen molar-refractivity contribution in [2.24, 2.45) is 0 Å². The summed E-state index contributed by atoms with van der Waals surface area (Å²) in [6.07, 6.45) is 0. The lowest BCUT2D eigenvalue weighted by molar-refractivity contribution is 0.469. The quantitative estimate of drug-likeness (QED) is 0.544. The molecular formula is C18H18N4O2. The molecule has 0 aliphatic rings. The van der Waals surface area contributed by atoms with Gasteiger partial charge in [0.2, 0.25) is 0 Å². The first-order valence-electron chi connectivity index (χ1n) is 7.27. The van der Waals surface area contributed by atoms with E-state index in [4.69, 9.17) is 32.4 Å². The molecule has 6 heteroatoms. The minimum atomic E-state index is 0.480. The van der Waals surface area contributed by atoms with Crippen molar-refractivity contribution in [2.45, 2.75) is 0 Å². The Hall–Kier alpha value is -3.54. The molecule has 0 spiro atoms. The van der Waals surface area contributed by atoms with Crippen LogP contribution in [0.4, 0.5) is 22.7 Å². The summed E-state index contributed by atoms with van der Waals surface area (Å²) >= 11 is 0. The Morgan fingerprint density at radius 2 is 0.750 bits per heavy atom. The van der Waals surface area contributed by atoms with Gasteiger partial charge >= 0.3 is 0 Å². The highest BCUT2D eigenvalue weighted by Crippen LogP contribution is 2.30. The fraction of sp³-hybridized carbons (Fsp3) is 0. The van der Waals surface area contributed by atoms with Gasteiger partial charge in [-0.25, -0.2) is 0 Å². The van der Waals surface area contributed by atoms with E-state index in [1.165, 1.54) is 0 Å². The van der Waals surface area contributed by atoms with Gasteiger partial charge in [-0.2, -0.15) is 0 Å². The Labute approximate surface area is 139 Å². The summed E-state index contributed by atoms with van der Waals surface area (Å²) in [4.78, 5) is 0. The van der Waals surface area contributed by atoms with E-state index < -0.39 is 0 Å². The van der Waals surface area contributed by atoms with Crippen molar-refractivity contribution in [2.75, 3.05) is 22.9 Å². The lowest BCUT2D eigenvalue weighted by Crippen LogP contribution is -1.95. The Balaban J connectivity index is 1.70. The zero-order chi connectivity index (χ0) is 17.1. The Bertz CT molecular complexity index is 791. The van der Waals surface area contributed by atoms with Gasteiger partial charge in [-0.15, -0.1) is 0 Å². The zero-order valence-corrected chi connectivity index (χ0v) is 12.9. The van der Waals surface area contributed by atoms with Crippen LogP contribution in [0.5, 0.6) is 23.0 Å². The second-order valence-electron chi connectivity index (χ2n) is 5.26. The van der Waals surface area contributed by atoms with Crippen LogP contribution in [0, 0.1) is 0 Å². The fourth-order valence-corrected chi connectivity index (χ4v) is 2.08. The number of hydrogen-bond donors (Lipinski definition) is 4. The highest BCUT2D eigenvalue weighted by Gasteiger charge is 2.03. The van der Waals surface area contributed by atoms with E-state index in [1.54, 1.807) is 60.7 Å². The van der Waals surface area contributed by atoms with E-state index >= 15 is 0 Å². The van der Waals surface area contributed by atoms with Gasteiger partial charge < -0.3 is 32.4 Å². The maximum absolute atomic E-state index is 5.76. The van der Waals surface area contributed by atoms with Gasteiger partial charge in [-0.1, -0.05) is 0 Å². The SMILES string of the molecule is Nc1ccc(Oc2ccc(Oc3ccc(N)c(N)c3)cc2)cc1N. The lowest BCUT2D eigenvalue weighted by Gasteiger charge is -2.10. The molecule has 0 aliphatic heterocycles. The van der Waals surface area contributed by atoms with Crippen LogP contribution >= 0.6 is 0 Å². The molecule has 3 aromatic carbocycles. The van der Waals surface area contributed by atoms with E-state index in [-0.39, 0.29) is 0 Å². The van der Waals surface area contributed by atoms with E-state index in [0.717, 1.165) is 0 Å². The Morgan fingerprint density at radius 1 is 0.417 bits per heavy atom. The number of anilines is 4. The van der Waals surface area contributed by atoms with Gasteiger partial charge in [0.1, 0.15) is 23.0 Å². The normalized spacial score (nSPS) is 10.3. The van der Waals surface area contributed by atoms with E-state index in [0.29, 0.717) is 45.7 Å². The number of rotatable bonds is 4. The summed E-state index contributed by atoms with van der Waals surface area (Å²) in [5, 5.41) is 0. The van der Waals surface area contributed by atoms with E-state index in [9.17, 15) is 0 Å². The molecule has 0 atom stereocenters.